The average molecular weight is 636 g/mol. The van der Waals surface area contributed by atoms with Gasteiger partial charge in [0.1, 0.15) is 23.1 Å². The summed E-state index contributed by atoms with van der Waals surface area (Å²) < 4.78 is 88.0. The molecule has 1 fully saturated rings. The van der Waals surface area contributed by atoms with Crippen LogP contribution in [0.5, 0.6) is 11.5 Å². The highest BCUT2D eigenvalue weighted by atomic mass is 127. The number of hydrogen-bond donors (Lipinski definition) is 4. The molecular formula is C21H19F2IN4O5S2. The predicted octanol–water partition coefficient (Wildman–Crippen LogP) is 4.62. The van der Waals surface area contributed by atoms with E-state index in [2.05, 4.69) is 14.8 Å². The molecule has 3 aromatic carbocycles. The second-order valence-electron chi connectivity index (χ2n) is 7.70. The van der Waals surface area contributed by atoms with Gasteiger partial charge < -0.3 is 10.1 Å². The first-order chi connectivity index (χ1) is 16.4. The van der Waals surface area contributed by atoms with Gasteiger partial charge >= 0.3 is 0 Å². The number of hydrogen-bond acceptors (Lipinski definition) is 6. The van der Waals surface area contributed by atoms with Crippen molar-refractivity contribution in [2.45, 2.75) is 18.1 Å². The van der Waals surface area contributed by atoms with Crippen LogP contribution < -0.4 is 24.6 Å². The van der Waals surface area contributed by atoms with Crippen LogP contribution in [0.15, 0.2) is 54.6 Å². The Morgan fingerprint density at radius 1 is 0.943 bits per heavy atom. The molecule has 1 saturated carbocycles. The highest BCUT2D eigenvalue weighted by Crippen LogP contribution is 2.41. The smallest absolute Gasteiger partial charge is 0.296 e. The van der Waals surface area contributed by atoms with Gasteiger partial charge in [-0.2, -0.15) is 8.42 Å². The molecule has 1 aliphatic carbocycles. The summed E-state index contributed by atoms with van der Waals surface area (Å²) >= 11 is 1.94. The summed E-state index contributed by atoms with van der Waals surface area (Å²) in [6, 6.07) is 11.9. The standard InChI is InChI=1S/C21H19F2IN4O5S2/c22-12-8-19(26-18-7-4-13(24)10-17(18)23)21(28-34(29,30)16-5-6-16)20(9-12)33-15-3-1-2-14(11-15)27-35(25,31)32/h1-4,7-11,16,26-28H,5-6H2,(H2,25,31,32). The molecule has 14 heteroatoms. The molecule has 0 heterocycles. The van der Waals surface area contributed by atoms with Crippen molar-refractivity contribution in [3.05, 3.63) is 69.8 Å². The van der Waals surface area contributed by atoms with Crippen LogP contribution in [0.3, 0.4) is 0 Å². The number of rotatable bonds is 9. The predicted molar refractivity (Wildman–Crippen MR) is 138 cm³/mol. The maximum absolute atomic E-state index is 14.6. The third kappa shape index (κ3) is 6.71. The molecule has 0 amide bonds. The lowest BCUT2D eigenvalue weighted by Crippen LogP contribution is -2.21. The molecule has 5 N–H and O–H groups in total. The maximum Gasteiger partial charge on any atom is 0.296 e. The summed E-state index contributed by atoms with van der Waals surface area (Å²) in [5.41, 5.74) is -0.154. The Kier molecular flexibility index (Phi) is 7.08. The van der Waals surface area contributed by atoms with E-state index in [4.69, 9.17) is 9.88 Å². The largest absolute Gasteiger partial charge is 0.455 e. The molecule has 0 saturated heterocycles. The lowest BCUT2D eigenvalue weighted by atomic mass is 10.2. The highest BCUT2D eigenvalue weighted by Gasteiger charge is 2.37. The fourth-order valence-corrected chi connectivity index (χ4v) is 5.45. The van der Waals surface area contributed by atoms with Crippen molar-refractivity contribution in [1.29, 1.82) is 0 Å². The lowest BCUT2D eigenvalue weighted by molar-refractivity contribution is 0.479. The van der Waals surface area contributed by atoms with Gasteiger partial charge in [0.15, 0.2) is 5.75 Å². The topological polar surface area (TPSA) is 140 Å². The number of halogens is 3. The molecule has 0 bridgehead atoms. The quantitative estimate of drug-likeness (QED) is 0.253. The fraction of sp³-hybridized carbons (Fsp3) is 0.143. The third-order valence-electron chi connectivity index (χ3n) is 4.80. The minimum Gasteiger partial charge on any atom is -0.455 e. The molecule has 9 nitrogen and oxygen atoms in total. The minimum atomic E-state index is -4.06. The van der Waals surface area contributed by atoms with Crippen LogP contribution >= 0.6 is 22.6 Å². The van der Waals surface area contributed by atoms with E-state index in [0.717, 1.165) is 12.1 Å². The summed E-state index contributed by atoms with van der Waals surface area (Å²) in [4.78, 5) is 0. The van der Waals surface area contributed by atoms with Crippen molar-refractivity contribution in [2.75, 3.05) is 14.8 Å². The Morgan fingerprint density at radius 3 is 2.34 bits per heavy atom. The van der Waals surface area contributed by atoms with Gasteiger partial charge in [-0.15, -0.1) is 0 Å². The van der Waals surface area contributed by atoms with E-state index in [1.165, 1.54) is 36.4 Å². The Labute approximate surface area is 214 Å². The maximum atomic E-state index is 14.6. The van der Waals surface area contributed by atoms with Gasteiger partial charge in [0.2, 0.25) is 10.0 Å². The second kappa shape index (κ2) is 9.75. The van der Waals surface area contributed by atoms with Crippen molar-refractivity contribution >= 4 is 65.6 Å². The van der Waals surface area contributed by atoms with Gasteiger partial charge in [-0.05, 0) is 71.8 Å². The van der Waals surface area contributed by atoms with Crippen LogP contribution in [0, 0.1) is 15.2 Å². The van der Waals surface area contributed by atoms with Crippen molar-refractivity contribution in [3.63, 3.8) is 0 Å². The number of benzene rings is 3. The molecule has 0 aliphatic heterocycles. The van der Waals surface area contributed by atoms with Gasteiger partial charge in [-0.25, -0.2) is 22.3 Å². The van der Waals surface area contributed by atoms with Gasteiger partial charge in [-0.1, -0.05) is 6.07 Å². The first-order valence-corrected chi connectivity index (χ1v) is 14.2. The Balaban J connectivity index is 1.76. The SMILES string of the molecule is NS(=O)(=O)Nc1cccc(Oc2cc(F)cc(Nc3ccc(I)cc3F)c2NS(=O)(=O)C2CC2)c1. The molecular weight excluding hydrogens is 617 g/mol. The van der Waals surface area contributed by atoms with Crippen LogP contribution in [0.4, 0.5) is 31.5 Å². The van der Waals surface area contributed by atoms with Crippen LogP contribution in [0.1, 0.15) is 12.8 Å². The number of anilines is 4. The zero-order chi connectivity index (χ0) is 25.4. The number of ether oxygens (including phenoxy) is 1. The normalized spacial score (nSPS) is 13.8. The summed E-state index contributed by atoms with van der Waals surface area (Å²) in [5.74, 6) is -1.58. The molecule has 0 unspecified atom stereocenters. The van der Waals surface area contributed by atoms with E-state index in [9.17, 15) is 25.6 Å². The number of sulfonamides is 1. The van der Waals surface area contributed by atoms with E-state index in [-0.39, 0.29) is 34.2 Å². The first kappa shape index (κ1) is 25.4. The Hall–Kier alpha value is -2.69. The summed E-state index contributed by atoms with van der Waals surface area (Å²) in [6.45, 7) is 0. The molecule has 0 aromatic heterocycles. The van der Waals surface area contributed by atoms with Gasteiger partial charge in [0, 0.05) is 15.7 Å². The van der Waals surface area contributed by atoms with Gasteiger partial charge in [-0.3, -0.25) is 9.44 Å². The second-order valence-corrected chi connectivity index (χ2v) is 12.2. The first-order valence-electron chi connectivity index (χ1n) is 10.1. The van der Waals surface area contributed by atoms with E-state index in [1.807, 2.05) is 22.6 Å². The van der Waals surface area contributed by atoms with Crippen LogP contribution in [-0.4, -0.2) is 22.1 Å². The molecule has 4 rings (SSSR count). The van der Waals surface area contributed by atoms with E-state index < -0.39 is 37.1 Å². The van der Waals surface area contributed by atoms with Crippen LogP contribution in [0.25, 0.3) is 0 Å². The molecule has 186 valence electrons. The minimum absolute atomic E-state index is 0.00631. The molecule has 1 aliphatic rings. The van der Waals surface area contributed by atoms with Crippen LogP contribution in [0.2, 0.25) is 0 Å². The Bertz CT molecular complexity index is 1500. The van der Waals surface area contributed by atoms with E-state index in [0.29, 0.717) is 16.4 Å². The van der Waals surface area contributed by atoms with Gasteiger partial charge in [0.05, 0.1) is 22.3 Å². The monoisotopic (exact) mass is 636 g/mol. The van der Waals surface area contributed by atoms with Crippen molar-refractivity contribution in [2.24, 2.45) is 5.14 Å². The third-order valence-corrected chi connectivity index (χ3v) is 7.83. The zero-order valence-electron chi connectivity index (χ0n) is 17.8. The summed E-state index contributed by atoms with van der Waals surface area (Å²) in [5, 5.41) is 7.11. The highest BCUT2D eigenvalue weighted by molar-refractivity contribution is 14.1. The summed E-state index contributed by atoms with van der Waals surface area (Å²) in [7, 11) is -7.89. The summed E-state index contributed by atoms with van der Waals surface area (Å²) in [6.07, 6.45) is 0.949. The number of nitrogens with two attached hydrogens (primary N) is 1. The molecule has 0 spiro atoms. The Morgan fingerprint density at radius 2 is 1.69 bits per heavy atom. The van der Waals surface area contributed by atoms with E-state index >= 15 is 0 Å². The molecule has 3 aromatic rings. The zero-order valence-corrected chi connectivity index (χ0v) is 21.5. The lowest BCUT2D eigenvalue weighted by Gasteiger charge is -2.19. The van der Waals surface area contributed by atoms with Crippen molar-refractivity contribution in [3.8, 4) is 11.5 Å². The fourth-order valence-electron chi connectivity index (χ4n) is 3.12. The molecule has 35 heavy (non-hydrogen) atoms. The number of nitrogens with one attached hydrogen (secondary N) is 3. The van der Waals surface area contributed by atoms with Crippen molar-refractivity contribution in [1.82, 2.24) is 0 Å². The molecule has 0 radical (unpaired) electrons. The van der Waals surface area contributed by atoms with Crippen LogP contribution in [-0.2, 0) is 20.2 Å². The van der Waals surface area contributed by atoms with Crippen molar-refractivity contribution < 1.29 is 30.4 Å². The van der Waals surface area contributed by atoms with E-state index in [1.54, 1.807) is 6.07 Å². The average Bonchev–Trinajstić information content (AvgIpc) is 3.57. The van der Waals surface area contributed by atoms with Gasteiger partial charge in [0.25, 0.3) is 10.2 Å². The molecule has 0 atom stereocenters.